The molecular weight excluding hydrogens is 228 g/mol. The highest BCUT2D eigenvalue weighted by atomic mass is 13.9. The molecule has 1 aliphatic rings. The second-order valence-electron chi connectivity index (χ2n) is 4.32. The molecule has 0 aromatic rings. The van der Waals surface area contributed by atoms with Crippen molar-refractivity contribution in [3.63, 3.8) is 0 Å². The predicted molar refractivity (Wildman–Crippen MR) is 85.7 cm³/mol. The number of hydrogen-bond donors (Lipinski definition) is 0. The average Bonchev–Trinajstić information content (AvgIpc) is 2.43. The first-order valence-electron chi connectivity index (χ1n) is 7.05. The summed E-state index contributed by atoms with van der Waals surface area (Å²) in [5.41, 5.74) is 0. The predicted octanol–water partition coefficient (Wildman–Crippen LogP) is 5.65. The van der Waals surface area contributed by atoms with Gasteiger partial charge in [-0.3, -0.25) is 0 Å². The van der Waals surface area contributed by atoms with Crippen molar-refractivity contribution in [2.45, 2.75) is 32.1 Å². The van der Waals surface area contributed by atoms with Crippen LogP contribution in [0, 0.1) is 6.08 Å². The van der Waals surface area contributed by atoms with Gasteiger partial charge < -0.3 is 0 Å². The third-order valence-corrected chi connectivity index (χ3v) is 2.65. The summed E-state index contributed by atoms with van der Waals surface area (Å²) in [7, 11) is 0. The Morgan fingerprint density at radius 3 is 1.79 bits per heavy atom. The molecule has 0 heterocycles. The highest BCUT2D eigenvalue weighted by Gasteiger charge is 1.85. The van der Waals surface area contributed by atoms with Crippen molar-refractivity contribution in [3.8, 4) is 0 Å². The Kier molecular flexibility index (Phi) is 10.1. The van der Waals surface area contributed by atoms with Gasteiger partial charge in [0.25, 0.3) is 0 Å². The second-order valence-corrected chi connectivity index (χ2v) is 4.32. The maximum Gasteiger partial charge on any atom is -0.0276 e. The van der Waals surface area contributed by atoms with Gasteiger partial charge in [0.15, 0.2) is 0 Å². The Labute approximate surface area is 117 Å². The van der Waals surface area contributed by atoms with Crippen molar-refractivity contribution in [2.75, 3.05) is 0 Å². The number of allylic oxidation sites excluding steroid dienone is 14. The fourth-order valence-electron chi connectivity index (χ4n) is 1.63. The SMILES string of the molecule is [C]1=C/C=C\C=C/C=C\C=C/C=C\C=C/CCCCC\1. The Morgan fingerprint density at radius 1 is 0.526 bits per heavy atom. The molecule has 0 heteroatoms. The molecule has 1 aliphatic carbocycles. The van der Waals surface area contributed by atoms with Gasteiger partial charge in [-0.25, -0.2) is 0 Å². The average molecular weight is 251 g/mol. The van der Waals surface area contributed by atoms with E-state index in [1.807, 2.05) is 54.7 Å². The first kappa shape index (κ1) is 15.2. The molecule has 0 nitrogen and oxygen atoms in total. The van der Waals surface area contributed by atoms with E-state index in [9.17, 15) is 0 Å². The Balaban J connectivity index is 2.47. The van der Waals surface area contributed by atoms with Gasteiger partial charge in [0.2, 0.25) is 0 Å². The molecule has 0 aliphatic heterocycles. The largest absolute Gasteiger partial charge is 0.0845 e. The first-order valence-corrected chi connectivity index (χ1v) is 7.05. The summed E-state index contributed by atoms with van der Waals surface area (Å²) in [6, 6.07) is 0. The molecule has 0 bridgehead atoms. The minimum Gasteiger partial charge on any atom is -0.0845 e. The molecule has 99 valence electrons. The van der Waals surface area contributed by atoms with Crippen LogP contribution in [0.4, 0.5) is 0 Å². The van der Waals surface area contributed by atoms with Gasteiger partial charge >= 0.3 is 0 Å². The van der Waals surface area contributed by atoms with E-state index in [2.05, 4.69) is 30.4 Å². The summed E-state index contributed by atoms with van der Waals surface area (Å²) in [6.07, 6.45) is 36.0. The fraction of sp³-hybridized carbons (Fsp3) is 0.263. The summed E-state index contributed by atoms with van der Waals surface area (Å²) in [6.45, 7) is 0. The molecule has 0 aromatic heterocycles. The maximum atomic E-state index is 3.30. The van der Waals surface area contributed by atoms with Gasteiger partial charge in [0.05, 0.1) is 0 Å². The molecule has 1 rings (SSSR count). The van der Waals surface area contributed by atoms with Crippen LogP contribution in [-0.2, 0) is 0 Å². The first-order chi connectivity index (χ1) is 9.50. The summed E-state index contributed by atoms with van der Waals surface area (Å²) in [5, 5.41) is 0. The molecule has 0 unspecified atom stereocenters. The molecule has 0 fully saturated rings. The van der Waals surface area contributed by atoms with Gasteiger partial charge in [-0.05, 0) is 31.8 Å². The van der Waals surface area contributed by atoms with Crippen LogP contribution in [0.3, 0.4) is 0 Å². The monoisotopic (exact) mass is 251 g/mol. The third-order valence-electron chi connectivity index (χ3n) is 2.65. The topological polar surface area (TPSA) is 0 Å². The van der Waals surface area contributed by atoms with E-state index in [0.717, 1.165) is 6.42 Å². The molecule has 0 amide bonds. The molecule has 0 N–H and O–H groups in total. The highest BCUT2D eigenvalue weighted by Crippen LogP contribution is 2.04. The van der Waals surface area contributed by atoms with E-state index in [4.69, 9.17) is 0 Å². The van der Waals surface area contributed by atoms with Crippen molar-refractivity contribution < 1.29 is 0 Å². The van der Waals surface area contributed by atoms with E-state index in [1.165, 1.54) is 25.7 Å². The second kappa shape index (κ2) is 12.6. The quantitative estimate of drug-likeness (QED) is 0.522. The van der Waals surface area contributed by atoms with Crippen LogP contribution in [0.25, 0.3) is 0 Å². The van der Waals surface area contributed by atoms with Crippen LogP contribution < -0.4 is 0 Å². The van der Waals surface area contributed by atoms with Crippen LogP contribution in [0.1, 0.15) is 32.1 Å². The van der Waals surface area contributed by atoms with Crippen molar-refractivity contribution in [3.05, 3.63) is 85.1 Å². The lowest BCUT2D eigenvalue weighted by Gasteiger charge is -1.93. The van der Waals surface area contributed by atoms with E-state index in [0.29, 0.717) is 0 Å². The summed E-state index contributed by atoms with van der Waals surface area (Å²) < 4.78 is 0. The number of rotatable bonds is 0. The highest BCUT2D eigenvalue weighted by molar-refractivity contribution is 5.20. The maximum absolute atomic E-state index is 3.30. The van der Waals surface area contributed by atoms with Crippen LogP contribution in [0.2, 0.25) is 0 Å². The lowest BCUT2D eigenvalue weighted by Crippen LogP contribution is -1.74. The van der Waals surface area contributed by atoms with E-state index in [-0.39, 0.29) is 0 Å². The molecule has 0 saturated heterocycles. The summed E-state index contributed by atoms with van der Waals surface area (Å²) in [4.78, 5) is 0. The van der Waals surface area contributed by atoms with Gasteiger partial charge in [-0.2, -0.15) is 0 Å². The third kappa shape index (κ3) is 11.0. The molecule has 0 saturated carbocycles. The standard InChI is InChI=1S/C19H23/c1-2-4-6-8-10-12-14-16-18-19-17-15-13-11-9-7-5-3-1/h1-13H,14,16-19H2/b3-1-,4-2-,7-5-,8-6-,11-9-,12-10-,15-13?. The Hall–Kier alpha value is -1.82. The van der Waals surface area contributed by atoms with Crippen LogP contribution in [-0.4, -0.2) is 0 Å². The van der Waals surface area contributed by atoms with Crippen molar-refractivity contribution >= 4 is 0 Å². The van der Waals surface area contributed by atoms with Crippen LogP contribution in [0.5, 0.6) is 0 Å². The zero-order chi connectivity index (χ0) is 13.4. The minimum absolute atomic E-state index is 1.06. The van der Waals surface area contributed by atoms with Crippen LogP contribution >= 0.6 is 0 Å². The lowest BCUT2D eigenvalue weighted by molar-refractivity contribution is 0.691. The molecule has 0 spiro atoms. The van der Waals surface area contributed by atoms with Gasteiger partial charge in [-0.15, -0.1) is 0 Å². The Morgan fingerprint density at radius 2 is 1.11 bits per heavy atom. The van der Waals surface area contributed by atoms with Crippen molar-refractivity contribution in [1.82, 2.24) is 0 Å². The molecule has 1 radical (unpaired) electrons. The molecular formula is C19H23. The van der Waals surface area contributed by atoms with Crippen molar-refractivity contribution in [1.29, 1.82) is 0 Å². The fourth-order valence-corrected chi connectivity index (χ4v) is 1.63. The zero-order valence-corrected chi connectivity index (χ0v) is 11.5. The Bertz CT molecular complexity index is 360. The van der Waals surface area contributed by atoms with E-state index >= 15 is 0 Å². The van der Waals surface area contributed by atoms with E-state index in [1.54, 1.807) is 0 Å². The van der Waals surface area contributed by atoms with Crippen LogP contribution in [0.15, 0.2) is 79.0 Å². The molecule has 19 heavy (non-hydrogen) atoms. The summed E-state index contributed by atoms with van der Waals surface area (Å²) >= 11 is 0. The zero-order valence-electron chi connectivity index (χ0n) is 11.5. The summed E-state index contributed by atoms with van der Waals surface area (Å²) in [5.74, 6) is 0. The van der Waals surface area contributed by atoms with E-state index < -0.39 is 0 Å². The smallest absolute Gasteiger partial charge is 0.0276 e. The number of hydrogen-bond acceptors (Lipinski definition) is 0. The molecule has 0 aromatic carbocycles. The van der Waals surface area contributed by atoms with Crippen molar-refractivity contribution in [2.24, 2.45) is 0 Å². The van der Waals surface area contributed by atoms with Gasteiger partial charge in [-0.1, -0.05) is 85.4 Å². The van der Waals surface area contributed by atoms with Gasteiger partial charge in [0, 0.05) is 0 Å². The lowest BCUT2D eigenvalue weighted by atomic mass is 10.1. The normalized spacial score (nSPS) is 29.9. The molecule has 0 atom stereocenters. The van der Waals surface area contributed by atoms with Gasteiger partial charge in [0.1, 0.15) is 0 Å². The minimum atomic E-state index is 1.06.